The lowest BCUT2D eigenvalue weighted by atomic mass is 9.91. The first kappa shape index (κ1) is 17.5. The van der Waals surface area contributed by atoms with Crippen LogP contribution in [-0.4, -0.2) is 18.2 Å². The zero-order valence-electron chi connectivity index (χ0n) is 13.8. The monoisotopic (exact) mass is 288 g/mol. The molecular weight excluding hydrogens is 260 g/mol. The molecule has 0 aliphatic heterocycles. The van der Waals surface area contributed by atoms with Gasteiger partial charge >= 0.3 is 0 Å². The minimum Gasteiger partial charge on any atom is -0.494 e. The van der Waals surface area contributed by atoms with Gasteiger partial charge in [-0.1, -0.05) is 26.0 Å². The van der Waals surface area contributed by atoms with Gasteiger partial charge in [-0.05, 0) is 57.2 Å². The van der Waals surface area contributed by atoms with Crippen molar-refractivity contribution >= 4 is 0 Å². The van der Waals surface area contributed by atoms with Gasteiger partial charge in [0.2, 0.25) is 0 Å². The van der Waals surface area contributed by atoms with Crippen molar-refractivity contribution in [1.29, 1.82) is 5.26 Å². The third-order valence-corrected chi connectivity index (χ3v) is 3.71. The Morgan fingerprint density at radius 3 is 2.67 bits per heavy atom. The Morgan fingerprint density at radius 1 is 1.33 bits per heavy atom. The Labute approximate surface area is 129 Å². The number of nitrogens with zero attached hydrogens (tertiary/aromatic N) is 1. The molecule has 0 aliphatic carbocycles. The summed E-state index contributed by atoms with van der Waals surface area (Å²) in [6, 6.07) is 11.0. The number of aryl methyl sites for hydroxylation is 1. The smallest absolute Gasteiger partial charge is 0.119 e. The van der Waals surface area contributed by atoms with Gasteiger partial charge in [-0.2, -0.15) is 5.26 Å². The van der Waals surface area contributed by atoms with Crippen molar-refractivity contribution in [2.24, 2.45) is 0 Å². The van der Waals surface area contributed by atoms with Crippen LogP contribution in [0.25, 0.3) is 0 Å². The molecule has 21 heavy (non-hydrogen) atoms. The number of ether oxygens (including phenoxy) is 1. The lowest BCUT2D eigenvalue weighted by Gasteiger charge is -2.29. The van der Waals surface area contributed by atoms with Gasteiger partial charge in [0.05, 0.1) is 12.7 Å². The van der Waals surface area contributed by atoms with E-state index in [-0.39, 0.29) is 0 Å². The van der Waals surface area contributed by atoms with Crippen molar-refractivity contribution in [2.45, 2.75) is 65.0 Å². The zero-order valence-corrected chi connectivity index (χ0v) is 13.8. The van der Waals surface area contributed by atoms with Crippen LogP contribution in [0.4, 0.5) is 0 Å². The number of nitriles is 1. The summed E-state index contributed by atoms with van der Waals surface area (Å²) in [5, 5.41) is 12.8. The number of rotatable bonds is 9. The minimum atomic E-state index is -0.428. The molecule has 0 amide bonds. The summed E-state index contributed by atoms with van der Waals surface area (Å²) in [5.74, 6) is 0.922. The molecule has 0 radical (unpaired) electrons. The maximum Gasteiger partial charge on any atom is 0.119 e. The van der Waals surface area contributed by atoms with E-state index < -0.39 is 5.54 Å². The van der Waals surface area contributed by atoms with Crippen LogP contribution in [-0.2, 0) is 6.42 Å². The number of benzene rings is 1. The summed E-state index contributed by atoms with van der Waals surface area (Å²) in [6.45, 7) is 9.00. The van der Waals surface area contributed by atoms with Crippen molar-refractivity contribution in [3.05, 3.63) is 29.8 Å². The highest BCUT2D eigenvalue weighted by atomic mass is 16.5. The highest BCUT2D eigenvalue weighted by molar-refractivity contribution is 5.28. The van der Waals surface area contributed by atoms with E-state index >= 15 is 0 Å². The summed E-state index contributed by atoms with van der Waals surface area (Å²) in [5.41, 5.74) is 0.858. The average molecular weight is 288 g/mol. The predicted molar refractivity (Wildman–Crippen MR) is 87.5 cm³/mol. The fourth-order valence-corrected chi connectivity index (χ4v) is 2.49. The van der Waals surface area contributed by atoms with E-state index in [2.05, 4.69) is 51.2 Å². The first-order valence-electron chi connectivity index (χ1n) is 7.96. The van der Waals surface area contributed by atoms with E-state index in [0.29, 0.717) is 12.6 Å². The number of hydrogen-bond donors (Lipinski definition) is 1. The Bertz CT molecular complexity index is 465. The van der Waals surface area contributed by atoms with Gasteiger partial charge in [0.25, 0.3) is 0 Å². The number of hydrogen-bond acceptors (Lipinski definition) is 3. The maximum atomic E-state index is 9.46. The normalized spacial score (nSPS) is 13.7. The van der Waals surface area contributed by atoms with Crippen LogP contribution in [0.1, 0.15) is 52.5 Å². The van der Waals surface area contributed by atoms with Gasteiger partial charge in [-0.25, -0.2) is 0 Å². The quantitative estimate of drug-likeness (QED) is 0.696. The topological polar surface area (TPSA) is 45.0 Å². The van der Waals surface area contributed by atoms with Crippen molar-refractivity contribution in [3.63, 3.8) is 0 Å². The first-order chi connectivity index (χ1) is 10.0. The van der Waals surface area contributed by atoms with E-state index in [1.165, 1.54) is 5.56 Å². The molecule has 3 heteroatoms. The van der Waals surface area contributed by atoms with Crippen molar-refractivity contribution < 1.29 is 4.74 Å². The molecule has 116 valence electrons. The van der Waals surface area contributed by atoms with E-state index in [4.69, 9.17) is 4.74 Å². The Kier molecular flexibility index (Phi) is 7.25. The Hall–Kier alpha value is -1.53. The third kappa shape index (κ3) is 5.77. The zero-order chi connectivity index (χ0) is 15.7. The molecule has 1 atom stereocenters. The molecule has 0 spiro atoms. The molecule has 0 heterocycles. The molecule has 0 aromatic heterocycles. The Balaban J connectivity index is 2.46. The molecule has 1 N–H and O–H groups in total. The molecule has 1 unspecified atom stereocenters. The molecule has 1 aromatic carbocycles. The van der Waals surface area contributed by atoms with Crippen molar-refractivity contribution in [2.75, 3.05) is 6.61 Å². The molecule has 0 fully saturated rings. The van der Waals surface area contributed by atoms with Crippen LogP contribution in [0.2, 0.25) is 0 Å². The van der Waals surface area contributed by atoms with Crippen LogP contribution in [0.15, 0.2) is 24.3 Å². The molecule has 3 nitrogen and oxygen atoms in total. The standard InChI is InChI=1S/C18H28N2O/c1-5-16-9-7-10-17(13-16)21-12-8-11-18(6-2,14-19)20-15(3)4/h7,9-10,13,15,20H,5-6,8,11-12H2,1-4H3. The van der Waals surface area contributed by atoms with Gasteiger partial charge in [-0.15, -0.1) is 0 Å². The summed E-state index contributed by atoms with van der Waals surface area (Å²) in [6.07, 6.45) is 3.51. The van der Waals surface area contributed by atoms with Crippen LogP contribution in [0.3, 0.4) is 0 Å². The lowest BCUT2D eigenvalue weighted by Crippen LogP contribution is -2.47. The average Bonchev–Trinajstić information content (AvgIpc) is 2.50. The Morgan fingerprint density at radius 2 is 2.10 bits per heavy atom. The van der Waals surface area contributed by atoms with E-state index in [1.54, 1.807) is 0 Å². The maximum absolute atomic E-state index is 9.46. The van der Waals surface area contributed by atoms with Gasteiger partial charge < -0.3 is 4.74 Å². The SMILES string of the molecule is CCc1cccc(OCCCC(C#N)(CC)NC(C)C)c1. The second-order valence-corrected chi connectivity index (χ2v) is 5.80. The second-order valence-electron chi connectivity index (χ2n) is 5.80. The van der Waals surface area contributed by atoms with E-state index in [9.17, 15) is 5.26 Å². The fraction of sp³-hybridized carbons (Fsp3) is 0.611. The highest BCUT2D eigenvalue weighted by Gasteiger charge is 2.27. The minimum absolute atomic E-state index is 0.312. The lowest BCUT2D eigenvalue weighted by molar-refractivity contribution is 0.268. The van der Waals surface area contributed by atoms with Crippen LogP contribution in [0, 0.1) is 11.3 Å². The van der Waals surface area contributed by atoms with Crippen molar-refractivity contribution in [1.82, 2.24) is 5.32 Å². The molecule has 0 saturated carbocycles. The summed E-state index contributed by atoms with van der Waals surface area (Å²) in [7, 11) is 0. The van der Waals surface area contributed by atoms with Crippen molar-refractivity contribution in [3.8, 4) is 11.8 Å². The van der Waals surface area contributed by atoms with Gasteiger partial charge in [0.1, 0.15) is 11.3 Å². The molecule has 1 rings (SSSR count). The molecule has 0 bridgehead atoms. The summed E-state index contributed by atoms with van der Waals surface area (Å²) in [4.78, 5) is 0. The first-order valence-corrected chi connectivity index (χ1v) is 7.96. The van der Waals surface area contributed by atoms with Gasteiger partial charge in [0, 0.05) is 6.04 Å². The van der Waals surface area contributed by atoms with Crippen LogP contribution < -0.4 is 10.1 Å². The number of nitrogens with one attached hydrogen (secondary N) is 1. The summed E-state index contributed by atoms with van der Waals surface area (Å²) < 4.78 is 5.80. The summed E-state index contributed by atoms with van der Waals surface area (Å²) >= 11 is 0. The molecule has 0 aliphatic rings. The van der Waals surface area contributed by atoms with Gasteiger partial charge in [-0.3, -0.25) is 5.32 Å². The largest absolute Gasteiger partial charge is 0.494 e. The molecular formula is C18H28N2O. The van der Waals surface area contributed by atoms with Gasteiger partial charge in [0.15, 0.2) is 0 Å². The fourth-order valence-electron chi connectivity index (χ4n) is 2.49. The van der Waals surface area contributed by atoms with Crippen LogP contribution in [0.5, 0.6) is 5.75 Å². The molecule has 1 aromatic rings. The second kappa shape index (κ2) is 8.69. The van der Waals surface area contributed by atoms with E-state index in [1.807, 2.05) is 12.1 Å². The van der Waals surface area contributed by atoms with E-state index in [0.717, 1.165) is 31.4 Å². The van der Waals surface area contributed by atoms with Crippen LogP contribution >= 0.6 is 0 Å². The molecule has 0 saturated heterocycles. The highest BCUT2D eigenvalue weighted by Crippen LogP contribution is 2.19. The predicted octanol–water partition coefficient (Wildman–Crippen LogP) is 4.08. The third-order valence-electron chi connectivity index (χ3n) is 3.71.